The number of nitrogens with zero attached hydrogens (tertiary/aromatic N) is 1. The molecule has 0 spiro atoms. The Hall–Kier alpha value is -1.38. The van der Waals surface area contributed by atoms with Gasteiger partial charge in [-0.05, 0) is 19.1 Å². The van der Waals surface area contributed by atoms with E-state index < -0.39 is 10.0 Å². The maximum absolute atomic E-state index is 11.9. The summed E-state index contributed by atoms with van der Waals surface area (Å²) in [6, 6.07) is 3.35. The number of hydrogen-bond acceptors (Lipinski definition) is 5. The van der Waals surface area contributed by atoms with Crippen LogP contribution in [0, 0.1) is 6.92 Å². The first-order valence-electron chi connectivity index (χ1n) is 4.83. The molecule has 0 unspecified atom stereocenters. The van der Waals surface area contributed by atoms with Gasteiger partial charge in [-0.25, -0.2) is 13.1 Å². The van der Waals surface area contributed by atoms with Gasteiger partial charge in [-0.15, -0.1) is 11.3 Å². The number of aryl methyl sites for hydroxylation is 1. The van der Waals surface area contributed by atoms with Crippen LogP contribution in [0.4, 0.5) is 5.82 Å². The molecule has 0 radical (unpaired) electrons. The first-order valence-corrected chi connectivity index (χ1v) is 7.13. The number of nitrogens with one attached hydrogen (secondary N) is 2. The molecule has 0 fully saturated rings. The number of aromatic nitrogens is 2. The Morgan fingerprint density at radius 2 is 2.29 bits per heavy atom. The Labute approximate surface area is 103 Å². The van der Waals surface area contributed by atoms with Gasteiger partial charge in [0.25, 0.3) is 0 Å². The topological polar surface area (TPSA) is 101 Å². The monoisotopic (exact) mass is 272 g/mol. The van der Waals surface area contributed by atoms with Crippen molar-refractivity contribution in [2.75, 3.05) is 5.73 Å². The summed E-state index contributed by atoms with van der Waals surface area (Å²) < 4.78 is 26.5. The van der Waals surface area contributed by atoms with E-state index in [-0.39, 0.29) is 6.54 Å². The summed E-state index contributed by atoms with van der Waals surface area (Å²) >= 11 is 1.23. The standard InChI is InChI=1S/C9H12N4O2S2/c1-6-2-3-8(16-6)17(14,15)12-5-7-4-11-13-9(7)10/h2-4,12H,5H2,1H3,(H3,10,11,13). The number of rotatable bonds is 4. The van der Waals surface area contributed by atoms with Gasteiger partial charge < -0.3 is 5.73 Å². The number of hydrogen-bond donors (Lipinski definition) is 3. The third-order valence-corrected chi connectivity index (χ3v) is 5.08. The van der Waals surface area contributed by atoms with Gasteiger partial charge in [-0.3, -0.25) is 5.10 Å². The fourth-order valence-corrected chi connectivity index (χ4v) is 3.60. The van der Waals surface area contributed by atoms with E-state index in [1.54, 1.807) is 12.1 Å². The minimum absolute atomic E-state index is 0.127. The molecule has 0 atom stereocenters. The first kappa shape index (κ1) is 12.1. The van der Waals surface area contributed by atoms with Crippen LogP contribution in [0.2, 0.25) is 0 Å². The quantitative estimate of drug-likeness (QED) is 0.767. The molecule has 0 aromatic carbocycles. The fourth-order valence-electron chi connectivity index (χ4n) is 1.26. The highest BCUT2D eigenvalue weighted by Crippen LogP contribution is 2.20. The van der Waals surface area contributed by atoms with Crippen LogP contribution < -0.4 is 10.5 Å². The predicted molar refractivity (Wildman–Crippen MR) is 66.1 cm³/mol. The third-order valence-electron chi connectivity index (χ3n) is 2.18. The van der Waals surface area contributed by atoms with E-state index in [9.17, 15) is 8.42 Å². The van der Waals surface area contributed by atoms with Crippen molar-refractivity contribution in [2.24, 2.45) is 0 Å². The highest BCUT2D eigenvalue weighted by atomic mass is 32.2. The summed E-state index contributed by atoms with van der Waals surface area (Å²) in [5.41, 5.74) is 6.19. The second-order valence-corrected chi connectivity index (χ2v) is 6.78. The maximum atomic E-state index is 11.9. The van der Waals surface area contributed by atoms with Crippen LogP contribution in [-0.4, -0.2) is 18.6 Å². The van der Waals surface area contributed by atoms with Crippen LogP contribution in [0.5, 0.6) is 0 Å². The molecule has 0 aliphatic carbocycles. The molecule has 17 heavy (non-hydrogen) atoms. The molecule has 0 bridgehead atoms. The summed E-state index contributed by atoms with van der Waals surface area (Å²) in [7, 11) is -3.46. The molecule has 2 aromatic rings. The summed E-state index contributed by atoms with van der Waals surface area (Å²) in [5, 5.41) is 6.26. The van der Waals surface area contributed by atoms with Crippen molar-refractivity contribution in [2.45, 2.75) is 17.7 Å². The van der Waals surface area contributed by atoms with Crippen molar-refractivity contribution in [1.29, 1.82) is 0 Å². The molecular weight excluding hydrogens is 260 g/mol. The van der Waals surface area contributed by atoms with Gasteiger partial charge in [0.05, 0.1) is 6.20 Å². The number of nitrogen functional groups attached to an aromatic ring is 1. The summed E-state index contributed by atoms with van der Waals surface area (Å²) in [6.45, 7) is 1.99. The lowest BCUT2D eigenvalue weighted by molar-refractivity contribution is 0.583. The van der Waals surface area contributed by atoms with Crippen LogP contribution in [-0.2, 0) is 16.6 Å². The Balaban J connectivity index is 2.11. The molecule has 0 saturated heterocycles. The van der Waals surface area contributed by atoms with E-state index in [0.717, 1.165) is 4.88 Å². The van der Waals surface area contributed by atoms with E-state index in [0.29, 0.717) is 15.6 Å². The summed E-state index contributed by atoms with van der Waals surface area (Å²) in [6.07, 6.45) is 1.50. The van der Waals surface area contributed by atoms with Gasteiger partial charge in [0, 0.05) is 17.0 Å². The number of nitrogens with two attached hydrogens (primary N) is 1. The van der Waals surface area contributed by atoms with Crippen molar-refractivity contribution in [3.63, 3.8) is 0 Å². The number of sulfonamides is 1. The van der Waals surface area contributed by atoms with E-state index in [1.807, 2.05) is 6.92 Å². The van der Waals surface area contributed by atoms with E-state index >= 15 is 0 Å². The molecule has 2 heterocycles. The van der Waals surface area contributed by atoms with E-state index in [4.69, 9.17) is 5.73 Å². The van der Waals surface area contributed by atoms with Crippen molar-refractivity contribution < 1.29 is 8.42 Å². The Bertz CT molecular complexity index is 614. The first-order chi connectivity index (χ1) is 7.99. The molecule has 0 aliphatic heterocycles. The molecular formula is C9H12N4O2S2. The third kappa shape index (κ3) is 2.65. The average Bonchev–Trinajstić information content (AvgIpc) is 2.85. The van der Waals surface area contributed by atoms with Crippen LogP contribution in [0.25, 0.3) is 0 Å². The SMILES string of the molecule is Cc1ccc(S(=O)(=O)NCc2cn[nH]c2N)s1. The number of thiophene rings is 1. The Morgan fingerprint density at radius 1 is 1.53 bits per heavy atom. The van der Waals surface area contributed by atoms with Gasteiger partial charge in [-0.1, -0.05) is 0 Å². The normalized spacial score (nSPS) is 11.8. The van der Waals surface area contributed by atoms with Crippen LogP contribution in [0.3, 0.4) is 0 Å². The van der Waals surface area contributed by atoms with Crippen LogP contribution in [0.1, 0.15) is 10.4 Å². The molecule has 2 aromatic heterocycles. The molecule has 92 valence electrons. The molecule has 4 N–H and O–H groups in total. The van der Waals surface area contributed by atoms with Crippen molar-refractivity contribution in [1.82, 2.24) is 14.9 Å². The van der Waals surface area contributed by atoms with Crippen molar-refractivity contribution >= 4 is 27.2 Å². The summed E-state index contributed by atoms with van der Waals surface area (Å²) in [4.78, 5) is 0.952. The van der Waals surface area contributed by atoms with Crippen molar-refractivity contribution in [3.8, 4) is 0 Å². The summed E-state index contributed by atoms with van der Waals surface area (Å²) in [5.74, 6) is 0.370. The highest BCUT2D eigenvalue weighted by Gasteiger charge is 2.16. The Kier molecular flexibility index (Phi) is 3.18. The van der Waals surface area contributed by atoms with Crippen LogP contribution >= 0.6 is 11.3 Å². The Morgan fingerprint density at radius 3 is 2.82 bits per heavy atom. The smallest absolute Gasteiger partial charge is 0.250 e. The van der Waals surface area contributed by atoms with Gasteiger partial charge in [-0.2, -0.15) is 5.10 Å². The van der Waals surface area contributed by atoms with Crippen molar-refractivity contribution in [3.05, 3.63) is 28.8 Å². The molecule has 6 nitrogen and oxygen atoms in total. The highest BCUT2D eigenvalue weighted by molar-refractivity contribution is 7.91. The van der Waals surface area contributed by atoms with Crippen LogP contribution in [0.15, 0.2) is 22.5 Å². The largest absolute Gasteiger partial charge is 0.384 e. The number of anilines is 1. The second kappa shape index (κ2) is 4.47. The minimum Gasteiger partial charge on any atom is -0.384 e. The van der Waals surface area contributed by atoms with E-state index in [2.05, 4.69) is 14.9 Å². The zero-order chi connectivity index (χ0) is 12.5. The average molecular weight is 272 g/mol. The molecule has 0 saturated carbocycles. The van der Waals surface area contributed by atoms with Gasteiger partial charge in [0.1, 0.15) is 10.0 Å². The molecule has 0 aliphatic rings. The van der Waals surface area contributed by atoms with Gasteiger partial charge in [0.2, 0.25) is 10.0 Å². The predicted octanol–water partition coefficient (Wildman–Crippen LogP) is 0.840. The number of H-pyrrole nitrogens is 1. The van der Waals surface area contributed by atoms with E-state index in [1.165, 1.54) is 17.5 Å². The molecule has 0 amide bonds. The molecule has 2 rings (SSSR count). The zero-order valence-corrected chi connectivity index (χ0v) is 10.7. The van der Waals surface area contributed by atoms with Gasteiger partial charge >= 0.3 is 0 Å². The minimum atomic E-state index is -3.46. The second-order valence-electron chi connectivity index (χ2n) is 3.50. The fraction of sp³-hybridized carbons (Fsp3) is 0.222. The lowest BCUT2D eigenvalue weighted by Gasteiger charge is -2.03. The van der Waals surface area contributed by atoms with Gasteiger partial charge in [0.15, 0.2) is 0 Å². The lowest BCUT2D eigenvalue weighted by Crippen LogP contribution is -2.22. The number of aromatic amines is 1. The molecule has 8 heteroatoms. The zero-order valence-electron chi connectivity index (χ0n) is 9.10. The lowest BCUT2D eigenvalue weighted by atomic mass is 10.3. The maximum Gasteiger partial charge on any atom is 0.250 e.